The van der Waals surface area contributed by atoms with Crippen LogP contribution in [-0.2, 0) is 4.79 Å². The zero-order chi connectivity index (χ0) is 18.5. The minimum absolute atomic E-state index is 0.155. The van der Waals surface area contributed by atoms with Crippen molar-refractivity contribution in [1.29, 1.82) is 0 Å². The van der Waals surface area contributed by atoms with Crippen LogP contribution >= 0.6 is 11.6 Å². The van der Waals surface area contributed by atoms with E-state index >= 15 is 0 Å². The number of anilines is 1. The van der Waals surface area contributed by atoms with Gasteiger partial charge in [0.2, 0.25) is 5.91 Å². The number of hydrogen-bond acceptors (Lipinski definition) is 2. The Morgan fingerprint density at radius 1 is 1.19 bits per heavy atom. The van der Waals surface area contributed by atoms with Gasteiger partial charge in [0.1, 0.15) is 11.6 Å². The fourth-order valence-corrected chi connectivity index (χ4v) is 3.05. The second-order valence-electron chi connectivity index (χ2n) is 5.80. The van der Waals surface area contributed by atoms with Gasteiger partial charge < -0.3 is 14.6 Å². The number of benzene rings is 2. The summed E-state index contributed by atoms with van der Waals surface area (Å²) in [5.74, 6) is 0.00541. The maximum absolute atomic E-state index is 13.6. The summed E-state index contributed by atoms with van der Waals surface area (Å²) in [6, 6.07) is 14.7. The lowest BCUT2D eigenvalue weighted by Gasteiger charge is -2.19. The van der Waals surface area contributed by atoms with Crippen LogP contribution in [0.3, 0.4) is 0 Å². The molecule has 1 atom stereocenters. The van der Waals surface area contributed by atoms with Gasteiger partial charge in [0.25, 0.3) is 0 Å². The average molecular weight is 373 g/mol. The molecule has 1 unspecified atom stereocenters. The number of carbonyl (C=O) groups is 1. The Kier molecular flexibility index (Phi) is 5.58. The highest BCUT2D eigenvalue weighted by molar-refractivity contribution is 6.32. The summed E-state index contributed by atoms with van der Waals surface area (Å²) < 4.78 is 20.6. The molecule has 1 N–H and O–H groups in total. The fraction of sp³-hybridized carbons (Fsp3) is 0.150. The van der Waals surface area contributed by atoms with Crippen molar-refractivity contribution in [3.8, 4) is 5.75 Å². The molecule has 0 radical (unpaired) electrons. The van der Waals surface area contributed by atoms with E-state index in [9.17, 15) is 9.18 Å². The zero-order valence-corrected chi connectivity index (χ0v) is 14.9. The van der Waals surface area contributed by atoms with Gasteiger partial charge >= 0.3 is 0 Å². The van der Waals surface area contributed by atoms with Gasteiger partial charge in [-0.15, -0.1) is 0 Å². The number of nitrogens with one attached hydrogen (secondary N) is 1. The van der Waals surface area contributed by atoms with E-state index in [1.165, 1.54) is 19.2 Å². The Bertz CT molecular complexity index is 897. The Balaban J connectivity index is 1.79. The van der Waals surface area contributed by atoms with E-state index in [0.29, 0.717) is 16.5 Å². The van der Waals surface area contributed by atoms with Crippen LogP contribution in [-0.4, -0.2) is 17.6 Å². The monoisotopic (exact) mass is 372 g/mol. The van der Waals surface area contributed by atoms with Gasteiger partial charge in [-0.05, 0) is 48.0 Å². The molecule has 6 heteroatoms. The number of hydrogen-bond donors (Lipinski definition) is 1. The van der Waals surface area contributed by atoms with Crippen molar-refractivity contribution in [1.82, 2.24) is 4.57 Å². The first-order valence-corrected chi connectivity index (χ1v) is 8.46. The second-order valence-corrected chi connectivity index (χ2v) is 6.21. The molecule has 4 nitrogen and oxygen atoms in total. The minimum atomic E-state index is -0.331. The van der Waals surface area contributed by atoms with E-state index in [0.717, 1.165) is 5.56 Å². The summed E-state index contributed by atoms with van der Waals surface area (Å²) >= 11 is 6.09. The normalized spacial score (nSPS) is 11.8. The SMILES string of the molecule is COc1ccc(NC(=O)CC(c2cccc(F)c2)n2cccc2)cc1Cl. The maximum atomic E-state index is 13.6. The Labute approximate surface area is 156 Å². The molecule has 1 aromatic heterocycles. The van der Waals surface area contributed by atoms with Gasteiger partial charge in [-0.2, -0.15) is 0 Å². The average Bonchev–Trinajstić information content (AvgIpc) is 3.14. The van der Waals surface area contributed by atoms with Crippen molar-refractivity contribution in [2.75, 3.05) is 12.4 Å². The predicted octanol–water partition coefficient (Wildman–Crippen LogP) is 4.91. The molecule has 26 heavy (non-hydrogen) atoms. The molecule has 0 aliphatic rings. The van der Waals surface area contributed by atoms with Gasteiger partial charge in [0.05, 0.1) is 24.6 Å². The van der Waals surface area contributed by atoms with Crippen molar-refractivity contribution in [3.05, 3.63) is 83.4 Å². The Morgan fingerprint density at radius 2 is 1.96 bits per heavy atom. The molecular formula is C20H18ClFN2O2. The van der Waals surface area contributed by atoms with Crippen LogP contribution in [0.1, 0.15) is 18.0 Å². The summed E-state index contributed by atoms with van der Waals surface area (Å²) in [4.78, 5) is 12.5. The predicted molar refractivity (Wildman–Crippen MR) is 100 cm³/mol. The quantitative estimate of drug-likeness (QED) is 0.668. The second kappa shape index (κ2) is 8.06. The number of amides is 1. The van der Waals surface area contributed by atoms with E-state index in [1.807, 2.05) is 35.2 Å². The first-order valence-electron chi connectivity index (χ1n) is 8.08. The Hall–Kier alpha value is -2.79. The van der Waals surface area contributed by atoms with E-state index in [1.54, 1.807) is 24.3 Å². The molecule has 2 aromatic carbocycles. The number of carbonyl (C=O) groups excluding carboxylic acids is 1. The first kappa shape index (κ1) is 18.0. The summed E-state index contributed by atoms with van der Waals surface area (Å²) in [7, 11) is 1.53. The van der Waals surface area contributed by atoms with Crippen molar-refractivity contribution < 1.29 is 13.9 Å². The van der Waals surface area contributed by atoms with Crippen LogP contribution in [0.5, 0.6) is 5.75 Å². The minimum Gasteiger partial charge on any atom is -0.495 e. The van der Waals surface area contributed by atoms with Crippen molar-refractivity contribution >= 4 is 23.2 Å². The lowest BCUT2D eigenvalue weighted by atomic mass is 10.0. The number of aromatic nitrogens is 1. The van der Waals surface area contributed by atoms with Crippen LogP contribution in [0, 0.1) is 5.82 Å². The zero-order valence-electron chi connectivity index (χ0n) is 14.2. The maximum Gasteiger partial charge on any atom is 0.226 e. The van der Waals surface area contributed by atoms with Gasteiger partial charge in [-0.1, -0.05) is 23.7 Å². The molecule has 0 aliphatic carbocycles. The van der Waals surface area contributed by atoms with Crippen molar-refractivity contribution in [2.45, 2.75) is 12.5 Å². The molecule has 0 saturated heterocycles. The molecule has 3 rings (SSSR count). The van der Waals surface area contributed by atoms with E-state index < -0.39 is 0 Å². The van der Waals surface area contributed by atoms with Crippen LogP contribution < -0.4 is 10.1 Å². The highest BCUT2D eigenvalue weighted by Crippen LogP contribution is 2.28. The molecule has 1 amide bonds. The molecule has 0 fully saturated rings. The smallest absolute Gasteiger partial charge is 0.226 e. The molecule has 3 aromatic rings. The molecular weight excluding hydrogens is 355 g/mol. The number of ether oxygens (including phenoxy) is 1. The van der Waals surface area contributed by atoms with Crippen LogP contribution in [0.2, 0.25) is 5.02 Å². The summed E-state index contributed by atoms with van der Waals surface area (Å²) in [6.45, 7) is 0. The number of nitrogens with zero attached hydrogens (tertiary/aromatic N) is 1. The van der Waals surface area contributed by atoms with Crippen LogP contribution in [0.4, 0.5) is 10.1 Å². The fourth-order valence-electron chi connectivity index (χ4n) is 2.80. The summed E-state index contributed by atoms with van der Waals surface area (Å²) in [6.07, 6.45) is 3.86. The first-order chi connectivity index (χ1) is 12.6. The standard InChI is InChI=1S/C20H18ClFN2O2/c1-26-19-8-7-16(12-17(19)21)23-20(25)13-18(24-9-2-3-10-24)14-5-4-6-15(22)11-14/h2-12,18H,13H2,1H3,(H,23,25). The summed E-state index contributed by atoms with van der Waals surface area (Å²) in [5.41, 5.74) is 1.30. The third-order valence-corrected chi connectivity index (χ3v) is 4.33. The Morgan fingerprint density at radius 3 is 2.62 bits per heavy atom. The number of halogens is 2. The van der Waals surface area contributed by atoms with Crippen molar-refractivity contribution in [2.24, 2.45) is 0 Å². The van der Waals surface area contributed by atoms with Crippen LogP contribution in [0.15, 0.2) is 67.0 Å². The molecule has 0 saturated carbocycles. The summed E-state index contributed by atoms with van der Waals surface area (Å²) in [5, 5.41) is 3.24. The van der Waals surface area contributed by atoms with Gasteiger partial charge in [0.15, 0.2) is 0 Å². The highest BCUT2D eigenvalue weighted by atomic mass is 35.5. The highest BCUT2D eigenvalue weighted by Gasteiger charge is 2.18. The number of rotatable bonds is 6. The molecule has 134 valence electrons. The van der Waals surface area contributed by atoms with Crippen molar-refractivity contribution in [3.63, 3.8) is 0 Å². The van der Waals surface area contributed by atoms with E-state index in [4.69, 9.17) is 16.3 Å². The molecule has 1 heterocycles. The molecule has 0 aliphatic heterocycles. The van der Waals surface area contributed by atoms with Crippen LogP contribution in [0.25, 0.3) is 0 Å². The largest absolute Gasteiger partial charge is 0.495 e. The molecule has 0 spiro atoms. The topological polar surface area (TPSA) is 43.3 Å². The van der Waals surface area contributed by atoms with E-state index in [-0.39, 0.29) is 24.2 Å². The lowest BCUT2D eigenvalue weighted by Crippen LogP contribution is -2.19. The van der Waals surface area contributed by atoms with Gasteiger partial charge in [0, 0.05) is 18.1 Å². The third-order valence-electron chi connectivity index (χ3n) is 4.04. The third kappa shape index (κ3) is 4.24. The molecule has 0 bridgehead atoms. The lowest BCUT2D eigenvalue weighted by molar-refractivity contribution is -0.116. The number of methoxy groups -OCH3 is 1. The van der Waals surface area contributed by atoms with Gasteiger partial charge in [-0.25, -0.2) is 4.39 Å². The van der Waals surface area contributed by atoms with Gasteiger partial charge in [-0.3, -0.25) is 4.79 Å². The van der Waals surface area contributed by atoms with E-state index in [2.05, 4.69) is 5.32 Å².